The number of hydrogen-bond acceptors (Lipinski definition) is 4. The van der Waals surface area contributed by atoms with Crippen molar-refractivity contribution in [3.8, 4) is 0 Å². The maximum absolute atomic E-state index is 12.3. The zero-order chi connectivity index (χ0) is 17.6. The summed E-state index contributed by atoms with van der Waals surface area (Å²) in [6, 6.07) is 14.4. The maximum atomic E-state index is 12.3. The van der Waals surface area contributed by atoms with Crippen molar-refractivity contribution in [3.63, 3.8) is 0 Å². The van der Waals surface area contributed by atoms with Crippen LogP contribution in [0.15, 0.2) is 48.7 Å². The zero-order valence-corrected chi connectivity index (χ0v) is 14.5. The van der Waals surface area contributed by atoms with E-state index >= 15 is 0 Å². The molecule has 0 aliphatic heterocycles. The third kappa shape index (κ3) is 4.03. The van der Waals surface area contributed by atoms with Gasteiger partial charge in [-0.25, -0.2) is 4.68 Å². The molecule has 6 heteroatoms. The smallest absolute Gasteiger partial charge is 0.273 e. The normalized spacial score (nSPS) is 12.2. The van der Waals surface area contributed by atoms with Crippen LogP contribution >= 0.6 is 0 Å². The Morgan fingerprint density at radius 2 is 2.04 bits per heavy atom. The summed E-state index contributed by atoms with van der Waals surface area (Å²) in [5.74, 6) is -0.229. The van der Waals surface area contributed by atoms with E-state index in [1.54, 1.807) is 18.0 Å². The Labute approximate surface area is 146 Å². The maximum Gasteiger partial charge on any atom is 0.273 e. The van der Waals surface area contributed by atoms with Crippen molar-refractivity contribution in [3.05, 3.63) is 59.9 Å². The Morgan fingerprint density at radius 3 is 2.84 bits per heavy atom. The summed E-state index contributed by atoms with van der Waals surface area (Å²) in [7, 11) is 1.62. The van der Waals surface area contributed by atoms with E-state index in [1.807, 2.05) is 25.1 Å². The van der Waals surface area contributed by atoms with Crippen LogP contribution in [0.1, 0.15) is 29.4 Å². The first-order chi connectivity index (χ1) is 12.2. The molecule has 1 aromatic heterocycles. The van der Waals surface area contributed by atoms with Gasteiger partial charge in [-0.15, -0.1) is 5.10 Å². The lowest BCUT2D eigenvalue weighted by Gasteiger charge is -2.14. The van der Waals surface area contributed by atoms with Crippen LogP contribution in [-0.4, -0.2) is 40.7 Å². The van der Waals surface area contributed by atoms with Crippen LogP contribution in [0.3, 0.4) is 0 Å². The minimum absolute atomic E-state index is 0.0271. The number of aromatic nitrogens is 3. The molecule has 6 nitrogen and oxygen atoms in total. The van der Waals surface area contributed by atoms with Crippen LogP contribution in [0.2, 0.25) is 0 Å². The fourth-order valence-corrected chi connectivity index (χ4v) is 2.81. The standard InChI is InChI=1S/C19H22N4O2/c1-3-16(13-25-2)20-19(24)18-12-23(22-21-18)11-15-9-6-8-14-7-4-5-10-17(14)15/h4-10,12,16H,3,11,13H2,1-2H3,(H,20,24)/t16-/m0/s1. The zero-order valence-electron chi connectivity index (χ0n) is 14.5. The first-order valence-corrected chi connectivity index (χ1v) is 8.37. The van der Waals surface area contributed by atoms with Crippen LogP contribution in [0, 0.1) is 0 Å². The number of fused-ring (bicyclic) bond motifs is 1. The number of nitrogens with one attached hydrogen (secondary N) is 1. The number of nitrogens with zero attached hydrogens (tertiary/aromatic N) is 3. The number of amides is 1. The van der Waals surface area contributed by atoms with E-state index in [2.05, 4.69) is 39.9 Å². The van der Waals surface area contributed by atoms with Crippen molar-refractivity contribution >= 4 is 16.7 Å². The number of ether oxygens (including phenoxy) is 1. The Balaban J connectivity index is 1.74. The van der Waals surface area contributed by atoms with Gasteiger partial charge in [0, 0.05) is 7.11 Å². The highest BCUT2D eigenvalue weighted by Crippen LogP contribution is 2.19. The van der Waals surface area contributed by atoms with Gasteiger partial charge in [-0.3, -0.25) is 4.79 Å². The SMILES string of the molecule is CC[C@@H](COC)NC(=O)c1cn(Cc2cccc3ccccc23)nn1. The number of rotatable bonds is 7. The first kappa shape index (κ1) is 17.1. The van der Waals surface area contributed by atoms with Gasteiger partial charge in [0.15, 0.2) is 5.69 Å². The number of carbonyl (C=O) groups is 1. The van der Waals surface area contributed by atoms with Gasteiger partial charge in [0.05, 0.1) is 25.4 Å². The fourth-order valence-electron chi connectivity index (χ4n) is 2.81. The topological polar surface area (TPSA) is 69.0 Å². The number of hydrogen-bond donors (Lipinski definition) is 1. The Hall–Kier alpha value is -2.73. The predicted molar refractivity (Wildman–Crippen MR) is 96.5 cm³/mol. The van der Waals surface area contributed by atoms with Crippen molar-refractivity contribution in [2.45, 2.75) is 25.9 Å². The van der Waals surface area contributed by atoms with Gasteiger partial charge in [-0.05, 0) is 22.8 Å². The van der Waals surface area contributed by atoms with Crippen LogP contribution in [-0.2, 0) is 11.3 Å². The average Bonchev–Trinajstić information content (AvgIpc) is 3.10. The van der Waals surface area contributed by atoms with Crippen molar-refractivity contribution in [2.24, 2.45) is 0 Å². The number of benzene rings is 2. The van der Waals surface area contributed by atoms with Gasteiger partial charge in [0.25, 0.3) is 5.91 Å². The molecule has 0 aliphatic carbocycles. The van der Waals surface area contributed by atoms with E-state index in [4.69, 9.17) is 4.74 Å². The van der Waals surface area contributed by atoms with Gasteiger partial charge in [0.2, 0.25) is 0 Å². The minimum atomic E-state index is -0.229. The molecule has 0 saturated carbocycles. The summed E-state index contributed by atoms with van der Waals surface area (Å²) >= 11 is 0. The van der Waals surface area contributed by atoms with Gasteiger partial charge in [-0.1, -0.05) is 54.6 Å². The van der Waals surface area contributed by atoms with Crippen molar-refractivity contribution in [2.75, 3.05) is 13.7 Å². The molecule has 0 spiro atoms. The summed E-state index contributed by atoms with van der Waals surface area (Å²) in [5.41, 5.74) is 1.45. The Kier molecular flexibility index (Phi) is 5.40. The summed E-state index contributed by atoms with van der Waals surface area (Å²) in [4.78, 5) is 12.3. The van der Waals surface area contributed by atoms with Gasteiger partial charge >= 0.3 is 0 Å². The molecule has 1 heterocycles. The lowest BCUT2D eigenvalue weighted by molar-refractivity contribution is 0.0889. The van der Waals surface area contributed by atoms with Crippen molar-refractivity contribution < 1.29 is 9.53 Å². The van der Waals surface area contributed by atoms with E-state index in [1.165, 1.54) is 10.8 Å². The van der Waals surface area contributed by atoms with E-state index in [9.17, 15) is 4.79 Å². The van der Waals surface area contributed by atoms with Gasteiger partial charge < -0.3 is 10.1 Å². The first-order valence-electron chi connectivity index (χ1n) is 8.37. The van der Waals surface area contributed by atoms with E-state index < -0.39 is 0 Å². The van der Waals surface area contributed by atoms with E-state index in [0.717, 1.165) is 12.0 Å². The summed E-state index contributed by atoms with van der Waals surface area (Å²) in [6.45, 7) is 3.05. The number of carbonyl (C=O) groups excluding carboxylic acids is 1. The van der Waals surface area contributed by atoms with Crippen LogP contribution in [0.4, 0.5) is 0 Å². The summed E-state index contributed by atoms with van der Waals surface area (Å²) < 4.78 is 6.79. The molecule has 0 bridgehead atoms. The molecule has 25 heavy (non-hydrogen) atoms. The molecule has 0 aliphatic rings. The molecule has 0 radical (unpaired) electrons. The molecule has 1 N–H and O–H groups in total. The van der Waals surface area contributed by atoms with E-state index in [0.29, 0.717) is 18.8 Å². The predicted octanol–water partition coefficient (Wildman–Crippen LogP) is 2.63. The molecule has 0 fully saturated rings. The summed E-state index contributed by atoms with van der Waals surface area (Å²) in [5, 5.41) is 13.4. The lowest BCUT2D eigenvalue weighted by atomic mass is 10.0. The highest BCUT2D eigenvalue weighted by Gasteiger charge is 2.15. The second-order valence-corrected chi connectivity index (χ2v) is 5.97. The second kappa shape index (κ2) is 7.90. The van der Waals surface area contributed by atoms with Crippen molar-refractivity contribution in [1.29, 1.82) is 0 Å². The van der Waals surface area contributed by atoms with Gasteiger partial charge in [-0.2, -0.15) is 0 Å². The molecular formula is C19H22N4O2. The number of methoxy groups -OCH3 is 1. The molecular weight excluding hydrogens is 316 g/mol. The fraction of sp³-hybridized carbons (Fsp3) is 0.316. The molecule has 2 aromatic carbocycles. The molecule has 130 valence electrons. The molecule has 1 atom stereocenters. The van der Waals surface area contributed by atoms with Gasteiger partial charge in [0.1, 0.15) is 0 Å². The van der Waals surface area contributed by atoms with Crippen LogP contribution in [0.25, 0.3) is 10.8 Å². The van der Waals surface area contributed by atoms with Crippen molar-refractivity contribution in [1.82, 2.24) is 20.3 Å². The van der Waals surface area contributed by atoms with Crippen LogP contribution in [0.5, 0.6) is 0 Å². The average molecular weight is 338 g/mol. The minimum Gasteiger partial charge on any atom is -0.383 e. The Morgan fingerprint density at radius 1 is 1.24 bits per heavy atom. The molecule has 3 rings (SSSR count). The molecule has 0 unspecified atom stereocenters. The highest BCUT2D eigenvalue weighted by molar-refractivity contribution is 5.92. The second-order valence-electron chi connectivity index (χ2n) is 5.97. The Bertz CT molecular complexity index is 854. The monoisotopic (exact) mass is 338 g/mol. The highest BCUT2D eigenvalue weighted by atomic mass is 16.5. The molecule has 3 aromatic rings. The van der Waals surface area contributed by atoms with Crippen LogP contribution < -0.4 is 5.32 Å². The molecule has 0 saturated heterocycles. The molecule has 1 amide bonds. The third-order valence-corrected chi connectivity index (χ3v) is 4.18. The third-order valence-electron chi connectivity index (χ3n) is 4.18. The summed E-state index contributed by atoms with van der Waals surface area (Å²) in [6.07, 6.45) is 2.47. The lowest BCUT2D eigenvalue weighted by Crippen LogP contribution is -2.37. The largest absolute Gasteiger partial charge is 0.383 e. The quantitative estimate of drug-likeness (QED) is 0.719. The van der Waals surface area contributed by atoms with E-state index in [-0.39, 0.29) is 11.9 Å².